The van der Waals surface area contributed by atoms with Crippen LogP contribution >= 0.6 is 0 Å². The molecule has 0 aromatic heterocycles. The van der Waals surface area contributed by atoms with Crippen molar-refractivity contribution in [1.82, 2.24) is 20.4 Å². The van der Waals surface area contributed by atoms with Crippen molar-refractivity contribution < 1.29 is 23.9 Å². The SMILES string of the molecule is CCCNC(=O)[C@@H]1CC(=O)N(C)[C@@H](Cc2ccccc2)C(=O)N(C)CCCCCCOc2ccccc2C(=O)N1. The summed E-state index contributed by atoms with van der Waals surface area (Å²) in [6.07, 6.45) is 4.24. The Morgan fingerprint density at radius 2 is 1.68 bits per heavy atom. The maximum atomic E-state index is 13.6. The summed E-state index contributed by atoms with van der Waals surface area (Å²) in [5, 5.41) is 5.53. The largest absolute Gasteiger partial charge is 0.493 e. The molecule has 9 heteroatoms. The van der Waals surface area contributed by atoms with Crippen LogP contribution in [0.3, 0.4) is 0 Å². The van der Waals surface area contributed by atoms with E-state index >= 15 is 0 Å². The van der Waals surface area contributed by atoms with Gasteiger partial charge in [-0.1, -0.05) is 62.2 Å². The first-order valence-electron chi connectivity index (χ1n) is 14.2. The van der Waals surface area contributed by atoms with Gasteiger partial charge in [-0.2, -0.15) is 0 Å². The summed E-state index contributed by atoms with van der Waals surface area (Å²) >= 11 is 0. The van der Waals surface area contributed by atoms with Crippen molar-refractivity contribution in [2.24, 2.45) is 0 Å². The first kappa shape index (κ1) is 30.7. The first-order chi connectivity index (χ1) is 19.3. The minimum Gasteiger partial charge on any atom is -0.493 e. The van der Waals surface area contributed by atoms with Crippen molar-refractivity contribution in [1.29, 1.82) is 0 Å². The molecule has 1 heterocycles. The number of fused-ring (bicyclic) bond motifs is 1. The normalized spacial score (nSPS) is 20.0. The highest BCUT2D eigenvalue weighted by Crippen LogP contribution is 2.20. The van der Waals surface area contributed by atoms with Crippen LogP contribution < -0.4 is 15.4 Å². The Kier molecular flexibility index (Phi) is 12.0. The lowest BCUT2D eigenvalue weighted by molar-refractivity contribution is -0.144. The summed E-state index contributed by atoms with van der Waals surface area (Å²) in [5.41, 5.74) is 1.23. The van der Waals surface area contributed by atoms with Crippen LogP contribution in [0.4, 0.5) is 0 Å². The Morgan fingerprint density at radius 3 is 2.42 bits per heavy atom. The number of nitrogens with one attached hydrogen (secondary N) is 2. The van der Waals surface area contributed by atoms with E-state index in [0.717, 1.165) is 31.2 Å². The molecule has 0 aliphatic carbocycles. The molecule has 4 amide bonds. The van der Waals surface area contributed by atoms with Gasteiger partial charge in [0.15, 0.2) is 0 Å². The van der Waals surface area contributed by atoms with Crippen molar-refractivity contribution in [3.05, 3.63) is 65.7 Å². The third-order valence-corrected chi connectivity index (χ3v) is 7.12. The molecule has 2 aromatic carbocycles. The highest BCUT2D eigenvalue weighted by Gasteiger charge is 2.33. The lowest BCUT2D eigenvalue weighted by atomic mass is 10.0. The molecule has 1 aliphatic heterocycles. The number of nitrogens with zero attached hydrogens (tertiary/aromatic N) is 2. The van der Waals surface area contributed by atoms with Crippen molar-refractivity contribution >= 4 is 23.6 Å². The van der Waals surface area contributed by atoms with Gasteiger partial charge >= 0.3 is 0 Å². The molecule has 1 aliphatic rings. The number of hydrogen-bond donors (Lipinski definition) is 2. The molecule has 0 saturated carbocycles. The van der Waals surface area contributed by atoms with Gasteiger partial charge in [0.1, 0.15) is 17.8 Å². The van der Waals surface area contributed by atoms with E-state index in [-0.39, 0.29) is 12.3 Å². The summed E-state index contributed by atoms with van der Waals surface area (Å²) < 4.78 is 5.91. The quantitative estimate of drug-likeness (QED) is 0.595. The highest BCUT2D eigenvalue weighted by atomic mass is 16.5. The second-order valence-electron chi connectivity index (χ2n) is 10.2. The van der Waals surface area contributed by atoms with Gasteiger partial charge in [-0.05, 0) is 37.0 Å². The number of para-hydroxylation sites is 1. The summed E-state index contributed by atoms with van der Waals surface area (Å²) in [6.45, 7) is 3.36. The molecule has 3 rings (SSSR count). The summed E-state index contributed by atoms with van der Waals surface area (Å²) in [6, 6.07) is 14.6. The standard InChI is InChI=1S/C31H42N4O5/c1-4-18-32-30(38)25-22-28(36)35(3)26(21-23-14-8-7-9-15-23)31(39)34(2)19-12-5-6-13-20-40-27-17-11-10-16-24(27)29(37)33-25/h7-11,14-17,25-26H,4-6,12-13,18-22H2,1-3H3,(H,32,38)(H,33,37)/t25-,26-/m0/s1. The van der Waals surface area contributed by atoms with Crippen LogP contribution in [0.2, 0.25) is 0 Å². The molecular formula is C31H42N4O5. The lowest BCUT2D eigenvalue weighted by Gasteiger charge is -2.32. The van der Waals surface area contributed by atoms with E-state index < -0.39 is 29.8 Å². The first-order valence-corrected chi connectivity index (χ1v) is 14.2. The van der Waals surface area contributed by atoms with Crippen LogP contribution in [0.25, 0.3) is 0 Å². The van der Waals surface area contributed by atoms with E-state index in [0.29, 0.717) is 43.9 Å². The molecule has 0 unspecified atom stereocenters. The van der Waals surface area contributed by atoms with Crippen molar-refractivity contribution in [2.75, 3.05) is 33.8 Å². The van der Waals surface area contributed by atoms with Crippen molar-refractivity contribution in [3.8, 4) is 5.75 Å². The maximum absolute atomic E-state index is 13.6. The predicted molar refractivity (Wildman–Crippen MR) is 154 cm³/mol. The number of ether oxygens (including phenoxy) is 1. The smallest absolute Gasteiger partial charge is 0.255 e. The minimum absolute atomic E-state index is 0.158. The molecule has 0 radical (unpaired) electrons. The summed E-state index contributed by atoms with van der Waals surface area (Å²) in [4.78, 5) is 56.7. The molecular weight excluding hydrogens is 508 g/mol. The van der Waals surface area contributed by atoms with E-state index in [1.54, 1.807) is 43.3 Å². The van der Waals surface area contributed by atoms with Gasteiger partial charge in [-0.25, -0.2) is 0 Å². The molecule has 0 fully saturated rings. The van der Waals surface area contributed by atoms with Crippen LogP contribution in [-0.4, -0.2) is 79.3 Å². The van der Waals surface area contributed by atoms with Gasteiger partial charge in [0.25, 0.3) is 5.91 Å². The number of benzene rings is 2. The Balaban J connectivity index is 1.92. The van der Waals surface area contributed by atoms with Crippen LogP contribution in [0, 0.1) is 0 Å². The number of carbonyl (C=O) groups excluding carboxylic acids is 4. The number of carbonyl (C=O) groups is 4. The predicted octanol–water partition coefficient (Wildman–Crippen LogP) is 3.18. The second kappa shape index (κ2) is 15.6. The molecule has 0 spiro atoms. The third kappa shape index (κ3) is 8.83. The molecule has 0 bridgehead atoms. The van der Waals surface area contributed by atoms with Crippen LogP contribution in [0.15, 0.2) is 54.6 Å². The molecule has 40 heavy (non-hydrogen) atoms. The zero-order valence-electron chi connectivity index (χ0n) is 23.9. The topological polar surface area (TPSA) is 108 Å². The summed E-state index contributed by atoms with van der Waals surface area (Å²) in [7, 11) is 3.35. The highest BCUT2D eigenvalue weighted by molar-refractivity contribution is 6.01. The Hall–Kier alpha value is -3.88. The monoisotopic (exact) mass is 550 g/mol. The van der Waals surface area contributed by atoms with Gasteiger partial charge in [-0.3, -0.25) is 19.2 Å². The molecule has 2 atom stereocenters. The summed E-state index contributed by atoms with van der Waals surface area (Å²) in [5.74, 6) is -1.09. The fourth-order valence-corrected chi connectivity index (χ4v) is 4.67. The van der Waals surface area contributed by atoms with Gasteiger partial charge < -0.3 is 25.2 Å². The Labute approximate surface area is 237 Å². The van der Waals surface area contributed by atoms with Gasteiger partial charge in [0.05, 0.1) is 18.6 Å². The molecule has 2 N–H and O–H groups in total. The average molecular weight is 551 g/mol. The Bertz CT molecular complexity index is 1140. The number of hydrogen-bond acceptors (Lipinski definition) is 5. The van der Waals surface area contributed by atoms with Crippen LogP contribution in [-0.2, 0) is 20.8 Å². The van der Waals surface area contributed by atoms with Crippen LogP contribution in [0.1, 0.15) is 61.4 Å². The van der Waals surface area contributed by atoms with Crippen molar-refractivity contribution in [2.45, 2.75) is 64.0 Å². The second-order valence-corrected chi connectivity index (χ2v) is 10.2. The van der Waals surface area contributed by atoms with Crippen molar-refractivity contribution in [3.63, 3.8) is 0 Å². The van der Waals surface area contributed by atoms with E-state index in [1.807, 2.05) is 37.3 Å². The minimum atomic E-state index is -1.12. The van der Waals surface area contributed by atoms with Crippen LogP contribution in [0.5, 0.6) is 5.75 Å². The van der Waals surface area contributed by atoms with E-state index in [1.165, 1.54) is 4.90 Å². The zero-order valence-corrected chi connectivity index (χ0v) is 23.9. The van der Waals surface area contributed by atoms with Gasteiger partial charge in [0.2, 0.25) is 17.7 Å². The molecule has 0 saturated heterocycles. The molecule has 216 valence electrons. The number of likely N-dealkylation sites (N-methyl/N-ethyl adjacent to an activating group) is 2. The maximum Gasteiger partial charge on any atom is 0.255 e. The number of rotatable bonds is 5. The lowest BCUT2D eigenvalue weighted by Crippen LogP contribution is -2.53. The zero-order chi connectivity index (χ0) is 28.9. The van der Waals surface area contributed by atoms with E-state index in [9.17, 15) is 19.2 Å². The van der Waals surface area contributed by atoms with E-state index in [4.69, 9.17) is 4.74 Å². The third-order valence-electron chi connectivity index (χ3n) is 7.12. The van der Waals surface area contributed by atoms with Gasteiger partial charge in [-0.15, -0.1) is 0 Å². The molecule has 2 aromatic rings. The average Bonchev–Trinajstić information content (AvgIpc) is 2.97. The van der Waals surface area contributed by atoms with E-state index in [2.05, 4.69) is 10.6 Å². The van der Waals surface area contributed by atoms with Gasteiger partial charge in [0, 0.05) is 33.6 Å². The Morgan fingerprint density at radius 1 is 0.975 bits per heavy atom. The fourth-order valence-electron chi connectivity index (χ4n) is 4.67. The molecule has 9 nitrogen and oxygen atoms in total. The number of amides is 4. The fraction of sp³-hybridized carbons (Fsp3) is 0.484.